The molecule has 41 heavy (non-hydrogen) atoms. The number of hydrogen-bond acceptors (Lipinski definition) is 6. The van der Waals surface area contributed by atoms with Crippen LogP contribution in [0.5, 0.6) is 0 Å². The van der Waals surface area contributed by atoms with Gasteiger partial charge >= 0.3 is 0 Å². The van der Waals surface area contributed by atoms with Crippen molar-refractivity contribution in [1.82, 2.24) is 24.3 Å². The first-order chi connectivity index (χ1) is 20.1. The van der Waals surface area contributed by atoms with Gasteiger partial charge < -0.3 is 24.4 Å². The molecule has 0 bridgehead atoms. The number of imidazole rings is 1. The summed E-state index contributed by atoms with van der Waals surface area (Å²) in [6.07, 6.45) is 4.93. The highest BCUT2D eigenvalue weighted by atomic mass is 16.5. The van der Waals surface area contributed by atoms with E-state index in [0.717, 1.165) is 73.7 Å². The Hall–Kier alpha value is -3.75. The Morgan fingerprint density at radius 3 is 2.54 bits per heavy atom. The van der Waals surface area contributed by atoms with Gasteiger partial charge in [-0.25, -0.2) is 4.98 Å². The molecular weight excluding hydrogens is 512 g/mol. The van der Waals surface area contributed by atoms with E-state index in [1.807, 2.05) is 73.6 Å². The number of anilines is 1. The maximum absolute atomic E-state index is 13.0. The van der Waals surface area contributed by atoms with Gasteiger partial charge in [0.25, 0.3) is 5.91 Å². The summed E-state index contributed by atoms with van der Waals surface area (Å²) in [6.45, 7) is 7.89. The van der Waals surface area contributed by atoms with Crippen LogP contribution in [-0.2, 0) is 11.3 Å². The van der Waals surface area contributed by atoms with Crippen LogP contribution in [0.25, 0.3) is 11.0 Å². The Morgan fingerprint density at radius 2 is 1.78 bits per heavy atom. The third-order valence-electron chi connectivity index (χ3n) is 8.00. The maximum atomic E-state index is 13.0. The highest BCUT2D eigenvalue weighted by Gasteiger charge is 2.24. The number of nitrogens with one attached hydrogen (secondary N) is 1. The number of piperidine rings is 1. The molecule has 8 heteroatoms. The standard InChI is InChI=1S/C33H42N6O2/c1-3-41-24-23-39-31-15-8-7-14-30(31)36-33(39)35-28-17-21-38(22-18-28)20-16-27(29-13-9-10-19-34-29)25-37(2)32(40)26-11-5-4-6-12-26/h4-15,19,27-28H,3,16-18,20-25H2,1-2H3,(H,35,36). The molecule has 1 saturated heterocycles. The van der Waals surface area contributed by atoms with E-state index in [2.05, 4.69) is 44.0 Å². The van der Waals surface area contributed by atoms with E-state index >= 15 is 0 Å². The molecule has 2 aromatic carbocycles. The molecule has 0 saturated carbocycles. The number of aromatic nitrogens is 3. The Balaban J connectivity index is 1.17. The minimum Gasteiger partial charge on any atom is -0.380 e. The van der Waals surface area contributed by atoms with Crippen molar-refractivity contribution in [1.29, 1.82) is 0 Å². The average molecular weight is 555 g/mol. The van der Waals surface area contributed by atoms with Gasteiger partial charge in [-0.1, -0.05) is 36.4 Å². The lowest BCUT2D eigenvalue weighted by Gasteiger charge is -2.34. The van der Waals surface area contributed by atoms with Gasteiger partial charge in [0.05, 0.1) is 17.6 Å². The van der Waals surface area contributed by atoms with Crippen molar-refractivity contribution in [2.45, 2.75) is 44.7 Å². The summed E-state index contributed by atoms with van der Waals surface area (Å²) in [6, 6.07) is 24.3. The van der Waals surface area contributed by atoms with Gasteiger partial charge in [-0.2, -0.15) is 0 Å². The third-order valence-corrected chi connectivity index (χ3v) is 8.00. The topological polar surface area (TPSA) is 75.5 Å². The summed E-state index contributed by atoms with van der Waals surface area (Å²) >= 11 is 0. The van der Waals surface area contributed by atoms with Gasteiger partial charge in [-0.3, -0.25) is 9.78 Å². The summed E-state index contributed by atoms with van der Waals surface area (Å²) < 4.78 is 7.90. The highest BCUT2D eigenvalue weighted by Crippen LogP contribution is 2.24. The van der Waals surface area contributed by atoms with E-state index < -0.39 is 0 Å². The molecule has 4 aromatic rings. The average Bonchev–Trinajstić information content (AvgIpc) is 3.37. The molecule has 0 radical (unpaired) electrons. The van der Waals surface area contributed by atoms with E-state index in [0.29, 0.717) is 25.8 Å². The predicted octanol–water partition coefficient (Wildman–Crippen LogP) is 5.29. The first kappa shape index (κ1) is 28.8. The van der Waals surface area contributed by atoms with Crippen molar-refractivity contribution in [3.05, 3.63) is 90.3 Å². The molecule has 1 unspecified atom stereocenters. The van der Waals surface area contributed by atoms with Crippen molar-refractivity contribution < 1.29 is 9.53 Å². The Labute approximate surface area is 243 Å². The zero-order valence-corrected chi connectivity index (χ0v) is 24.3. The van der Waals surface area contributed by atoms with Crippen LogP contribution >= 0.6 is 0 Å². The molecule has 1 fully saturated rings. The molecule has 1 aliphatic heterocycles. The first-order valence-corrected chi connectivity index (χ1v) is 14.9. The predicted molar refractivity (Wildman–Crippen MR) is 164 cm³/mol. The molecule has 1 atom stereocenters. The molecular formula is C33H42N6O2. The normalized spacial score (nSPS) is 15.2. The van der Waals surface area contributed by atoms with E-state index in [9.17, 15) is 4.79 Å². The van der Waals surface area contributed by atoms with E-state index in [1.165, 1.54) is 0 Å². The van der Waals surface area contributed by atoms with Gasteiger partial charge in [-0.15, -0.1) is 0 Å². The summed E-state index contributed by atoms with van der Waals surface area (Å²) in [5.41, 5.74) is 3.92. The number of amides is 1. The zero-order valence-electron chi connectivity index (χ0n) is 24.3. The van der Waals surface area contributed by atoms with Gasteiger partial charge in [0.2, 0.25) is 5.95 Å². The van der Waals surface area contributed by atoms with Gasteiger partial charge in [-0.05, 0) is 69.1 Å². The Kier molecular flexibility index (Phi) is 9.99. The molecule has 2 aromatic heterocycles. The SMILES string of the molecule is CCOCCn1c(NC2CCN(CCC(CN(C)C(=O)c3ccccc3)c3ccccn3)CC2)nc2ccccc21. The Morgan fingerprint density at radius 1 is 1.02 bits per heavy atom. The number of carbonyl (C=O) groups excluding carboxylic acids is 1. The van der Waals surface area contributed by atoms with Gasteiger partial charge in [0.1, 0.15) is 0 Å². The summed E-state index contributed by atoms with van der Waals surface area (Å²) in [5, 5.41) is 3.75. The molecule has 216 valence electrons. The lowest BCUT2D eigenvalue weighted by Crippen LogP contribution is -2.41. The maximum Gasteiger partial charge on any atom is 0.253 e. The third kappa shape index (κ3) is 7.51. The first-order valence-electron chi connectivity index (χ1n) is 14.9. The number of fused-ring (bicyclic) bond motifs is 1. The number of nitrogens with zero attached hydrogens (tertiary/aromatic N) is 5. The molecule has 3 heterocycles. The summed E-state index contributed by atoms with van der Waals surface area (Å²) in [4.78, 5) is 27.0. The fourth-order valence-corrected chi connectivity index (χ4v) is 5.70. The van der Waals surface area contributed by atoms with Crippen molar-refractivity contribution in [3.63, 3.8) is 0 Å². The second-order valence-corrected chi connectivity index (χ2v) is 10.8. The molecule has 0 aliphatic carbocycles. The number of rotatable bonds is 13. The van der Waals surface area contributed by atoms with Crippen LogP contribution in [-0.4, -0.2) is 82.7 Å². The van der Waals surface area contributed by atoms with Crippen LogP contribution in [0.15, 0.2) is 79.0 Å². The zero-order chi connectivity index (χ0) is 28.4. The van der Waals surface area contributed by atoms with Crippen LogP contribution in [0, 0.1) is 0 Å². The summed E-state index contributed by atoms with van der Waals surface area (Å²) in [7, 11) is 1.89. The van der Waals surface area contributed by atoms with Crippen molar-refractivity contribution in [2.75, 3.05) is 51.8 Å². The summed E-state index contributed by atoms with van der Waals surface area (Å²) in [5.74, 6) is 1.16. The van der Waals surface area contributed by atoms with Crippen LogP contribution in [0.3, 0.4) is 0 Å². The van der Waals surface area contributed by atoms with Crippen molar-refractivity contribution in [2.24, 2.45) is 0 Å². The number of likely N-dealkylation sites (N-methyl/N-ethyl adjacent to an activating group) is 1. The minimum absolute atomic E-state index is 0.0469. The molecule has 1 N–H and O–H groups in total. The molecule has 1 aliphatic rings. The van der Waals surface area contributed by atoms with Crippen molar-refractivity contribution >= 4 is 22.9 Å². The molecule has 8 nitrogen and oxygen atoms in total. The van der Waals surface area contributed by atoms with Crippen LogP contribution < -0.4 is 5.32 Å². The highest BCUT2D eigenvalue weighted by molar-refractivity contribution is 5.94. The molecule has 5 rings (SSSR count). The fourth-order valence-electron chi connectivity index (χ4n) is 5.70. The number of likely N-dealkylation sites (tertiary alicyclic amines) is 1. The smallest absolute Gasteiger partial charge is 0.253 e. The van der Waals surface area contributed by atoms with Crippen LogP contribution in [0.2, 0.25) is 0 Å². The number of ether oxygens (including phenoxy) is 1. The number of pyridine rings is 1. The number of benzene rings is 2. The molecule has 1 amide bonds. The fraction of sp³-hybridized carbons (Fsp3) is 0.424. The Bertz CT molecular complexity index is 1370. The van der Waals surface area contributed by atoms with E-state index in [-0.39, 0.29) is 11.8 Å². The molecule has 0 spiro atoms. The lowest BCUT2D eigenvalue weighted by molar-refractivity contribution is 0.0781. The lowest BCUT2D eigenvalue weighted by atomic mass is 9.98. The van der Waals surface area contributed by atoms with Crippen LogP contribution in [0.1, 0.15) is 48.2 Å². The number of hydrogen-bond donors (Lipinski definition) is 1. The monoisotopic (exact) mass is 554 g/mol. The van der Waals surface area contributed by atoms with Gasteiger partial charge in [0.15, 0.2) is 0 Å². The quantitative estimate of drug-likeness (QED) is 0.226. The largest absolute Gasteiger partial charge is 0.380 e. The second-order valence-electron chi connectivity index (χ2n) is 10.8. The number of carbonyl (C=O) groups is 1. The van der Waals surface area contributed by atoms with E-state index in [4.69, 9.17) is 9.72 Å². The second kappa shape index (κ2) is 14.2. The van der Waals surface area contributed by atoms with Crippen molar-refractivity contribution in [3.8, 4) is 0 Å². The van der Waals surface area contributed by atoms with Crippen LogP contribution in [0.4, 0.5) is 5.95 Å². The minimum atomic E-state index is 0.0469. The number of para-hydroxylation sites is 2. The van der Waals surface area contributed by atoms with Gasteiger partial charge in [0, 0.05) is 69.2 Å². The van der Waals surface area contributed by atoms with E-state index in [1.54, 1.807) is 0 Å².